The fourth-order valence-corrected chi connectivity index (χ4v) is 2.86. The molecule has 4 nitrogen and oxygen atoms in total. The number of hydrogen-bond acceptors (Lipinski definition) is 2. The van der Waals surface area contributed by atoms with Gasteiger partial charge in [-0.05, 0) is 48.4 Å². The zero-order valence-electron chi connectivity index (χ0n) is 12.0. The van der Waals surface area contributed by atoms with Gasteiger partial charge >= 0.3 is 5.97 Å². The number of benzene rings is 1. The molecule has 0 aromatic heterocycles. The number of carboxylic acid groups (broad SMARTS) is 1. The highest BCUT2D eigenvalue weighted by molar-refractivity contribution is 5.95. The minimum absolute atomic E-state index is 0.135. The molecule has 1 unspecified atom stereocenters. The average molecular weight is 275 g/mol. The molecule has 0 radical (unpaired) electrons. The zero-order chi connectivity index (χ0) is 14.8. The summed E-state index contributed by atoms with van der Waals surface area (Å²) in [6.07, 6.45) is 3.59. The molecule has 1 amide bonds. The fraction of sp³-hybridized carbons (Fsp3) is 0.500. The molecule has 1 aromatic carbocycles. The maximum atomic E-state index is 12.0. The van der Waals surface area contributed by atoms with Crippen LogP contribution >= 0.6 is 0 Å². The van der Waals surface area contributed by atoms with E-state index in [1.54, 1.807) is 12.1 Å². The summed E-state index contributed by atoms with van der Waals surface area (Å²) in [5, 5.41) is 11.8. The Morgan fingerprint density at radius 1 is 1.25 bits per heavy atom. The van der Waals surface area contributed by atoms with Crippen molar-refractivity contribution >= 4 is 11.9 Å². The van der Waals surface area contributed by atoms with Crippen molar-refractivity contribution < 1.29 is 14.7 Å². The third-order valence-corrected chi connectivity index (χ3v) is 4.38. The van der Waals surface area contributed by atoms with E-state index >= 15 is 0 Å². The zero-order valence-corrected chi connectivity index (χ0v) is 12.0. The minimum atomic E-state index is -0.982. The van der Waals surface area contributed by atoms with Crippen LogP contribution in [0.15, 0.2) is 24.3 Å². The van der Waals surface area contributed by atoms with Gasteiger partial charge in [0.15, 0.2) is 0 Å². The molecule has 0 aliphatic heterocycles. The van der Waals surface area contributed by atoms with Crippen LogP contribution in [-0.4, -0.2) is 23.5 Å². The monoisotopic (exact) mass is 275 g/mol. The molecule has 0 heterocycles. The largest absolute Gasteiger partial charge is 0.478 e. The summed E-state index contributed by atoms with van der Waals surface area (Å²) < 4.78 is 0. The third kappa shape index (κ3) is 3.18. The Bertz CT molecular complexity index is 505. The van der Waals surface area contributed by atoms with E-state index in [-0.39, 0.29) is 11.5 Å². The van der Waals surface area contributed by atoms with Gasteiger partial charge in [0.25, 0.3) is 5.91 Å². The first kappa shape index (κ1) is 14.6. The number of amides is 1. The average Bonchev–Trinajstić information content (AvgIpc) is 2.75. The Kier molecular flexibility index (Phi) is 4.12. The van der Waals surface area contributed by atoms with Crippen molar-refractivity contribution in [3.8, 4) is 0 Å². The minimum Gasteiger partial charge on any atom is -0.478 e. The lowest BCUT2D eigenvalue weighted by molar-refractivity contribution is 0.0696. The Morgan fingerprint density at radius 2 is 1.85 bits per heavy atom. The summed E-state index contributed by atoms with van der Waals surface area (Å²) >= 11 is 0. The topological polar surface area (TPSA) is 66.4 Å². The van der Waals surface area contributed by atoms with Crippen LogP contribution in [0, 0.1) is 11.3 Å². The van der Waals surface area contributed by atoms with Gasteiger partial charge in [0.2, 0.25) is 0 Å². The summed E-state index contributed by atoms with van der Waals surface area (Å²) in [6, 6.07) is 6.02. The number of carbonyl (C=O) groups excluding carboxylic acids is 1. The lowest BCUT2D eigenvalue weighted by Crippen LogP contribution is -2.33. The first-order chi connectivity index (χ1) is 9.40. The lowest BCUT2D eigenvalue weighted by atomic mass is 9.82. The van der Waals surface area contributed by atoms with Crippen molar-refractivity contribution in [2.45, 2.75) is 33.1 Å². The van der Waals surface area contributed by atoms with Gasteiger partial charge in [0, 0.05) is 12.1 Å². The van der Waals surface area contributed by atoms with Crippen LogP contribution in [0.25, 0.3) is 0 Å². The van der Waals surface area contributed by atoms with E-state index in [1.165, 1.54) is 25.0 Å². The van der Waals surface area contributed by atoms with E-state index in [2.05, 4.69) is 19.2 Å². The lowest BCUT2D eigenvalue weighted by Gasteiger charge is -2.27. The Balaban J connectivity index is 1.93. The summed E-state index contributed by atoms with van der Waals surface area (Å²) in [4.78, 5) is 22.8. The van der Waals surface area contributed by atoms with Crippen molar-refractivity contribution in [3.63, 3.8) is 0 Å². The molecule has 20 heavy (non-hydrogen) atoms. The van der Waals surface area contributed by atoms with Crippen molar-refractivity contribution in [3.05, 3.63) is 35.4 Å². The van der Waals surface area contributed by atoms with E-state index in [0.717, 1.165) is 6.42 Å². The summed E-state index contributed by atoms with van der Waals surface area (Å²) in [5.74, 6) is -0.598. The van der Waals surface area contributed by atoms with Gasteiger partial charge in [-0.15, -0.1) is 0 Å². The second-order valence-corrected chi connectivity index (χ2v) is 6.17. The SMILES string of the molecule is CC1(C)CCCC1CNC(=O)c1ccc(C(=O)O)cc1. The Hall–Kier alpha value is -1.84. The van der Waals surface area contributed by atoms with Gasteiger partial charge in [-0.1, -0.05) is 20.3 Å². The Labute approximate surface area is 119 Å². The van der Waals surface area contributed by atoms with Gasteiger partial charge in [-0.3, -0.25) is 4.79 Å². The van der Waals surface area contributed by atoms with Gasteiger partial charge in [0.1, 0.15) is 0 Å². The molecular weight excluding hydrogens is 254 g/mol. The highest BCUT2D eigenvalue weighted by Gasteiger charge is 2.34. The van der Waals surface area contributed by atoms with Gasteiger partial charge in [0.05, 0.1) is 5.56 Å². The van der Waals surface area contributed by atoms with E-state index in [0.29, 0.717) is 23.4 Å². The van der Waals surface area contributed by atoms with Crippen LogP contribution < -0.4 is 5.32 Å². The molecule has 108 valence electrons. The number of aromatic carboxylic acids is 1. The molecule has 2 N–H and O–H groups in total. The van der Waals surface area contributed by atoms with Crippen LogP contribution in [-0.2, 0) is 0 Å². The highest BCUT2D eigenvalue weighted by Crippen LogP contribution is 2.41. The third-order valence-electron chi connectivity index (χ3n) is 4.38. The predicted octanol–water partition coefficient (Wildman–Crippen LogP) is 2.94. The van der Waals surface area contributed by atoms with Crippen molar-refractivity contribution in [2.75, 3.05) is 6.54 Å². The fourth-order valence-electron chi connectivity index (χ4n) is 2.86. The first-order valence-electron chi connectivity index (χ1n) is 7.02. The predicted molar refractivity (Wildman–Crippen MR) is 76.9 cm³/mol. The van der Waals surface area contributed by atoms with E-state index in [1.807, 2.05) is 0 Å². The van der Waals surface area contributed by atoms with Crippen molar-refractivity contribution in [2.24, 2.45) is 11.3 Å². The molecule has 0 saturated heterocycles. The molecule has 0 bridgehead atoms. The van der Waals surface area contributed by atoms with Gasteiger partial charge in [-0.25, -0.2) is 4.79 Å². The summed E-state index contributed by atoms with van der Waals surface area (Å²) in [5.41, 5.74) is 0.991. The number of carbonyl (C=O) groups is 2. The molecule has 1 fully saturated rings. The number of nitrogens with one attached hydrogen (secondary N) is 1. The molecule has 1 aliphatic rings. The summed E-state index contributed by atoms with van der Waals surface area (Å²) in [7, 11) is 0. The van der Waals surface area contributed by atoms with Gasteiger partial charge < -0.3 is 10.4 Å². The number of hydrogen-bond donors (Lipinski definition) is 2. The smallest absolute Gasteiger partial charge is 0.335 e. The maximum Gasteiger partial charge on any atom is 0.335 e. The molecule has 1 aliphatic carbocycles. The molecular formula is C16H21NO3. The van der Waals surface area contributed by atoms with Crippen LogP contribution in [0.1, 0.15) is 53.8 Å². The standard InChI is InChI=1S/C16H21NO3/c1-16(2)9-3-4-13(16)10-17-14(18)11-5-7-12(8-6-11)15(19)20/h5-8,13H,3-4,9-10H2,1-2H3,(H,17,18)(H,19,20). The van der Waals surface area contributed by atoms with Crippen LogP contribution in [0.4, 0.5) is 0 Å². The van der Waals surface area contributed by atoms with E-state index in [4.69, 9.17) is 5.11 Å². The summed E-state index contributed by atoms with van der Waals surface area (Å²) in [6.45, 7) is 5.18. The highest BCUT2D eigenvalue weighted by atomic mass is 16.4. The molecule has 1 atom stereocenters. The molecule has 1 saturated carbocycles. The Morgan fingerprint density at radius 3 is 2.35 bits per heavy atom. The molecule has 1 aromatic rings. The number of carboxylic acids is 1. The number of rotatable bonds is 4. The second kappa shape index (κ2) is 5.65. The van der Waals surface area contributed by atoms with Crippen LogP contribution in [0.5, 0.6) is 0 Å². The van der Waals surface area contributed by atoms with Crippen LogP contribution in [0.2, 0.25) is 0 Å². The first-order valence-corrected chi connectivity index (χ1v) is 7.02. The normalized spacial score (nSPS) is 20.6. The van der Waals surface area contributed by atoms with Gasteiger partial charge in [-0.2, -0.15) is 0 Å². The molecule has 2 rings (SSSR count). The molecule has 4 heteroatoms. The maximum absolute atomic E-state index is 12.0. The second-order valence-electron chi connectivity index (χ2n) is 6.17. The molecule has 0 spiro atoms. The van der Waals surface area contributed by atoms with E-state index < -0.39 is 5.97 Å². The quantitative estimate of drug-likeness (QED) is 0.887. The van der Waals surface area contributed by atoms with Crippen molar-refractivity contribution in [1.82, 2.24) is 5.32 Å². The van der Waals surface area contributed by atoms with Crippen molar-refractivity contribution in [1.29, 1.82) is 0 Å². The van der Waals surface area contributed by atoms with Crippen LogP contribution in [0.3, 0.4) is 0 Å². The van der Waals surface area contributed by atoms with E-state index in [9.17, 15) is 9.59 Å².